The fourth-order valence-electron chi connectivity index (χ4n) is 3.64. The Morgan fingerprint density at radius 2 is 2.09 bits per heavy atom. The number of imidazole rings is 1. The van der Waals surface area contributed by atoms with Crippen molar-refractivity contribution in [3.05, 3.63) is 71.2 Å². The van der Waals surface area contributed by atoms with Crippen molar-refractivity contribution in [2.45, 2.75) is 31.8 Å². The molecule has 23 heavy (non-hydrogen) atoms. The number of hydrogen-bond donors (Lipinski definition) is 2. The van der Waals surface area contributed by atoms with Crippen LogP contribution in [-0.2, 0) is 18.5 Å². The summed E-state index contributed by atoms with van der Waals surface area (Å²) < 4.78 is 2.10. The first-order chi connectivity index (χ1) is 11.2. The summed E-state index contributed by atoms with van der Waals surface area (Å²) in [5.41, 5.74) is 5.34. The summed E-state index contributed by atoms with van der Waals surface area (Å²) in [6.07, 6.45) is 4.01. The van der Waals surface area contributed by atoms with Crippen LogP contribution in [0.3, 0.4) is 0 Å². The molecular weight excluding hydrogens is 286 g/mol. The number of pyridine rings is 1. The number of nitrogens with zero attached hydrogens (tertiary/aromatic N) is 2. The summed E-state index contributed by atoms with van der Waals surface area (Å²) in [6, 6.07) is 14.5. The molecule has 2 aromatic heterocycles. The van der Waals surface area contributed by atoms with E-state index in [0.29, 0.717) is 6.54 Å². The highest BCUT2D eigenvalue weighted by Gasteiger charge is 2.37. The van der Waals surface area contributed by atoms with Gasteiger partial charge in [-0.25, -0.2) is 4.98 Å². The van der Waals surface area contributed by atoms with E-state index in [1.54, 1.807) is 0 Å². The van der Waals surface area contributed by atoms with Crippen molar-refractivity contribution in [2.24, 2.45) is 0 Å². The van der Waals surface area contributed by atoms with Crippen LogP contribution in [0.1, 0.15) is 28.9 Å². The van der Waals surface area contributed by atoms with E-state index in [4.69, 9.17) is 0 Å². The molecule has 0 fully saturated rings. The van der Waals surface area contributed by atoms with Crippen LogP contribution in [0.25, 0.3) is 5.65 Å². The van der Waals surface area contributed by atoms with E-state index in [0.717, 1.165) is 24.2 Å². The second-order valence-electron chi connectivity index (χ2n) is 6.38. The molecule has 1 atom stereocenters. The lowest BCUT2D eigenvalue weighted by molar-refractivity contribution is 0.158. The fraction of sp³-hybridized carbons (Fsp3) is 0.316. The molecular formula is C19H21N3O. The first-order valence-electron chi connectivity index (χ1n) is 8.10. The van der Waals surface area contributed by atoms with Crippen LogP contribution < -0.4 is 5.32 Å². The molecule has 0 spiro atoms. The standard InChI is InChI=1S/C19H21N3O/c1-14-5-4-8-18-21-16(12-22(14)18)11-20-19(13-23)10-9-15-6-2-3-7-17(15)19/h2-8,12,20,23H,9-11,13H2,1H3. The Hall–Kier alpha value is -2.17. The molecule has 1 aliphatic carbocycles. The fourth-order valence-corrected chi connectivity index (χ4v) is 3.64. The zero-order valence-electron chi connectivity index (χ0n) is 13.3. The van der Waals surface area contributed by atoms with Crippen LogP contribution >= 0.6 is 0 Å². The maximum absolute atomic E-state index is 10.0. The van der Waals surface area contributed by atoms with Crippen LogP contribution in [0, 0.1) is 6.92 Å². The molecule has 2 N–H and O–H groups in total. The third kappa shape index (κ3) is 2.35. The number of nitrogens with one attached hydrogen (secondary N) is 1. The zero-order chi connectivity index (χ0) is 15.9. The Balaban J connectivity index is 1.61. The van der Waals surface area contributed by atoms with Gasteiger partial charge in [-0.15, -0.1) is 0 Å². The summed E-state index contributed by atoms with van der Waals surface area (Å²) in [5, 5.41) is 13.6. The average molecular weight is 307 g/mol. The van der Waals surface area contributed by atoms with E-state index in [9.17, 15) is 5.11 Å². The quantitative estimate of drug-likeness (QED) is 0.779. The van der Waals surface area contributed by atoms with E-state index in [2.05, 4.69) is 52.1 Å². The first-order valence-corrected chi connectivity index (χ1v) is 8.10. The summed E-state index contributed by atoms with van der Waals surface area (Å²) in [4.78, 5) is 4.67. The Bertz CT molecular complexity index is 855. The zero-order valence-corrected chi connectivity index (χ0v) is 13.3. The third-order valence-electron chi connectivity index (χ3n) is 4.98. The Labute approximate surface area is 135 Å². The lowest BCUT2D eigenvalue weighted by atomic mass is 9.92. The highest BCUT2D eigenvalue weighted by molar-refractivity contribution is 5.42. The van der Waals surface area contributed by atoms with E-state index in [-0.39, 0.29) is 12.1 Å². The molecule has 2 heterocycles. The van der Waals surface area contributed by atoms with Gasteiger partial charge in [-0.2, -0.15) is 0 Å². The molecule has 118 valence electrons. The van der Waals surface area contributed by atoms with Gasteiger partial charge in [0.15, 0.2) is 0 Å². The lowest BCUT2D eigenvalue weighted by Gasteiger charge is -2.29. The summed E-state index contributed by atoms with van der Waals surface area (Å²) >= 11 is 0. The molecule has 1 aromatic carbocycles. The van der Waals surface area contributed by atoms with Gasteiger partial charge < -0.3 is 9.51 Å². The summed E-state index contributed by atoms with van der Waals surface area (Å²) in [5.74, 6) is 0. The molecule has 1 aliphatic rings. The molecule has 0 bridgehead atoms. The molecule has 4 nitrogen and oxygen atoms in total. The minimum absolute atomic E-state index is 0.108. The smallest absolute Gasteiger partial charge is 0.137 e. The minimum Gasteiger partial charge on any atom is -0.394 e. The second-order valence-corrected chi connectivity index (χ2v) is 6.38. The van der Waals surface area contributed by atoms with Crippen LogP contribution in [0.5, 0.6) is 0 Å². The number of aliphatic hydroxyl groups excluding tert-OH is 1. The van der Waals surface area contributed by atoms with Gasteiger partial charge in [-0.3, -0.25) is 5.32 Å². The molecule has 0 aliphatic heterocycles. The Kier molecular flexibility index (Phi) is 3.43. The molecule has 0 amide bonds. The SMILES string of the molecule is Cc1cccc2nc(CNC3(CO)CCc4ccccc43)cn12. The van der Waals surface area contributed by atoms with Crippen molar-refractivity contribution in [1.29, 1.82) is 0 Å². The molecule has 0 radical (unpaired) electrons. The summed E-state index contributed by atoms with van der Waals surface area (Å²) in [6.45, 7) is 2.83. The van der Waals surface area contributed by atoms with Gasteiger partial charge in [-0.1, -0.05) is 30.3 Å². The molecule has 0 saturated carbocycles. The van der Waals surface area contributed by atoms with Crippen LogP contribution in [0.15, 0.2) is 48.7 Å². The maximum atomic E-state index is 10.0. The molecule has 0 saturated heterocycles. The topological polar surface area (TPSA) is 49.6 Å². The van der Waals surface area contributed by atoms with Gasteiger partial charge >= 0.3 is 0 Å². The Morgan fingerprint density at radius 3 is 2.91 bits per heavy atom. The monoisotopic (exact) mass is 307 g/mol. The number of aliphatic hydroxyl groups is 1. The van der Waals surface area contributed by atoms with Gasteiger partial charge in [-0.05, 0) is 43.0 Å². The van der Waals surface area contributed by atoms with Gasteiger partial charge in [0.05, 0.1) is 17.8 Å². The number of benzene rings is 1. The van der Waals surface area contributed by atoms with Gasteiger partial charge in [0.25, 0.3) is 0 Å². The van der Waals surface area contributed by atoms with Crippen molar-refractivity contribution in [1.82, 2.24) is 14.7 Å². The van der Waals surface area contributed by atoms with Crippen molar-refractivity contribution in [3.63, 3.8) is 0 Å². The van der Waals surface area contributed by atoms with Crippen LogP contribution in [0.4, 0.5) is 0 Å². The van der Waals surface area contributed by atoms with E-state index in [1.807, 2.05) is 18.2 Å². The predicted molar refractivity (Wildman–Crippen MR) is 90.3 cm³/mol. The van der Waals surface area contributed by atoms with Crippen molar-refractivity contribution >= 4 is 5.65 Å². The van der Waals surface area contributed by atoms with Gasteiger partial charge in [0, 0.05) is 18.4 Å². The molecule has 4 rings (SSSR count). The van der Waals surface area contributed by atoms with Crippen molar-refractivity contribution < 1.29 is 5.11 Å². The van der Waals surface area contributed by atoms with Gasteiger partial charge in [0.2, 0.25) is 0 Å². The molecule has 3 aromatic rings. The van der Waals surface area contributed by atoms with Crippen molar-refractivity contribution in [3.8, 4) is 0 Å². The number of aryl methyl sites for hydroxylation is 2. The normalized spacial score (nSPS) is 20.1. The molecule has 1 unspecified atom stereocenters. The van der Waals surface area contributed by atoms with Crippen LogP contribution in [0.2, 0.25) is 0 Å². The van der Waals surface area contributed by atoms with E-state index in [1.165, 1.54) is 16.8 Å². The largest absolute Gasteiger partial charge is 0.394 e. The van der Waals surface area contributed by atoms with Gasteiger partial charge in [0.1, 0.15) is 5.65 Å². The number of rotatable bonds is 4. The highest BCUT2D eigenvalue weighted by Crippen LogP contribution is 2.36. The number of fused-ring (bicyclic) bond motifs is 2. The summed E-state index contributed by atoms with van der Waals surface area (Å²) in [7, 11) is 0. The average Bonchev–Trinajstić information content (AvgIpc) is 3.16. The third-order valence-corrected chi connectivity index (χ3v) is 4.98. The van der Waals surface area contributed by atoms with Crippen LogP contribution in [-0.4, -0.2) is 21.1 Å². The van der Waals surface area contributed by atoms with E-state index < -0.39 is 0 Å². The first kappa shape index (κ1) is 14.4. The minimum atomic E-state index is -0.346. The second kappa shape index (κ2) is 5.48. The number of aromatic nitrogens is 2. The predicted octanol–water partition coefficient (Wildman–Crippen LogP) is 2.57. The maximum Gasteiger partial charge on any atom is 0.137 e. The molecule has 4 heteroatoms. The highest BCUT2D eigenvalue weighted by atomic mass is 16.3. The lowest BCUT2D eigenvalue weighted by Crippen LogP contribution is -2.43. The van der Waals surface area contributed by atoms with E-state index >= 15 is 0 Å². The Morgan fingerprint density at radius 1 is 1.22 bits per heavy atom. The number of hydrogen-bond acceptors (Lipinski definition) is 3. The van der Waals surface area contributed by atoms with Crippen molar-refractivity contribution in [2.75, 3.05) is 6.61 Å².